The van der Waals surface area contributed by atoms with Crippen LogP contribution in [-0.2, 0) is 30.3 Å². The Hall–Kier alpha value is -3.23. The number of imide groups is 2. The van der Waals surface area contributed by atoms with Gasteiger partial charge in [-0.25, -0.2) is 4.79 Å². The first-order valence-corrected chi connectivity index (χ1v) is 9.18. The number of aliphatic carboxylic acids is 1. The second-order valence-corrected chi connectivity index (χ2v) is 6.98. The van der Waals surface area contributed by atoms with Gasteiger partial charge in [-0.2, -0.15) is 0 Å². The van der Waals surface area contributed by atoms with Crippen LogP contribution in [0.15, 0.2) is 30.3 Å². The first-order valence-electron chi connectivity index (χ1n) is 9.18. The van der Waals surface area contributed by atoms with Crippen molar-refractivity contribution in [2.45, 2.75) is 38.7 Å². The third kappa shape index (κ3) is 3.48. The molecule has 0 bridgehead atoms. The van der Waals surface area contributed by atoms with Crippen molar-refractivity contribution in [1.82, 2.24) is 9.80 Å². The molecule has 1 aromatic rings. The van der Waals surface area contributed by atoms with E-state index < -0.39 is 40.8 Å². The van der Waals surface area contributed by atoms with E-state index in [2.05, 4.69) is 0 Å². The number of rotatable bonds is 7. The van der Waals surface area contributed by atoms with E-state index in [9.17, 15) is 29.1 Å². The summed E-state index contributed by atoms with van der Waals surface area (Å²) in [4.78, 5) is 64.5. The number of amides is 4. The van der Waals surface area contributed by atoms with Gasteiger partial charge in [0.2, 0.25) is 0 Å². The van der Waals surface area contributed by atoms with E-state index in [-0.39, 0.29) is 19.3 Å². The fourth-order valence-electron chi connectivity index (χ4n) is 3.37. The molecule has 4 amide bonds. The van der Waals surface area contributed by atoms with Crippen LogP contribution in [0.25, 0.3) is 0 Å². The van der Waals surface area contributed by atoms with Gasteiger partial charge in [0.1, 0.15) is 0 Å². The minimum Gasteiger partial charge on any atom is -0.480 e. The number of esters is 1. The van der Waals surface area contributed by atoms with Crippen molar-refractivity contribution in [2.24, 2.45) is 5.41 Å². The Morgan fingerprint density at radius 3 is 1.90 bits per heavy atom. The summed E-state index contributed by atoms with van der Waals surface area (Å²) in [7, 11) is 2.34. The Bertz CT molecular complexity index is 822. The van der Waals surface area contributed by atoms with Crippen LogP contribution in [0.4, 0.5) is 4.79 Å². The molecular weight excluding hydrogens is 380 g/mol. The summed E-state index contributed by atoms with van der Waals surface area (Å²) in [6.45, 7) is 3.02. The highest BCUT2D eigenvalue weighted by Gasteiger charge is 2.61. The second kappa shape index (κ2) is 8.02. The zero-order chi connectivity index (χ0) is 22.0. The molecule has 29 heavy (non-hydrogen) atoms. The van der Waals surface area contributed by atoms with E-state index in [0.29, 0.717) is 15.4 Å². The summed E-state index contributed by atoms with van der Waals surface area (Å²) in [5.74, 6) is -4.64. The van der Waals surface area contributed by atoms with Gasteiger partial charge in [-0.3, -0.25) is 29.0 Å². The molecule has 0 saturated carbocycles. The number of barbiturate groups is 1. The van der Waals surface area contributed by atoms with E-state index in [1.54, 1.807) is 30.3 Å². The number of carbonyl (C=O) groups excluding carboxylic acids is 4. The van der Waals surface area contributed by atoms with Crippen molar-refractivity contribution < 1.29 is 33.8 Å². The van der Waals surface area contributed by atoms with Crippen molar-refractivity contribution in [3.05, 3.63) is 35.9 Å². The first-order chi connectivity index (χ1) is 13.6. The van der Waals surface area contributed by atoms with Crippen molar-refractivity contribution in [1.29, 1.82) is 0 Å². The average molecular weight is 404 g/mol. The summed E-state index contributed by atoms with van der Waals surface area (Å²) in [5, 5.41) is 9.63. The minimum absolute atomic E-state index is 0.0912. The normalized spacial score (nSPS) is 16.8. The SMILES string of the molecule is CCC(CC)(C(=O)O)C(=O)OC1(Cc2ccccc2)C(=O)N(C)C(=O)N(C)C1=O. The molecule has 1 aromatic carbocycles. The summed E-state index contributed by atoms with van der Waals surface area (Å²) in [6, 6.07) is 7.50. The number of carboxylic acids is 1. The molecule has 2 rings (SSSR count). The second-order valence-electron chi connectivity index (χ2n) is 6.98. The molecule has 1 saturated heterocycles. The van der Waals surface area contributed by atoms with Gasteiger partial charge in [0.25, 0.3) is 17.4 Å². The number of hydrogen-bond donors (Lipinski definition) is 1. The standard InChI is InChI=1S/C20H24N2O7/c1-5-19(6-2,16(25)26)17(27)29-20(12-13-10-8-7-9-11-13)14(23)21(3)18(28)22(4)15(20)24/h7-11H,5-6,12H2,1-4H3,(H,25,26). The van der Waals surface area contributed by atoms with Crippen LogP contribution in [0.2, 0.25) is 0 Å². The van der Waals surface area contributed by atoms with E-state index in [4.69, 9.17) is 4.74 Å². The molecule has 1 aliphatic heterocycles. The monoisotopic (exact) mass is 404 g/mol. The van der Waals surface area contributed by atoms with Gasteiger partial charge in [-0.1, -0.05) is 44.2 Å². The summed E-state index contributed by atoms with van der Waals surface area (Å²) >= 11 is 0. The summed E-state index contributed by atoms with van der Waals surface area (Å²) in [6.07, 6.45) is -0.513. The lowest BCUT2D eigenvalue weighted by atomic mass is 9.81. The Morgan fingerprint density at radius 2 is 1.48 bits per heavy atom. The molecular formula is C20H24N2O7. The van der Waals surface area contributed by atoms with E-state index in [1.807, 2.05) is 0 Å². The topological polar surface area (TPSA) is 121 Å². The van der Waals surface area contributed by atoms with E-state index in [1.165, 1.54) is 27.9 Å². The third-order valence-electron chi connectivity index (χ3n) is 5.44. The number of hydrogen-bond acceptors (Lipinski definition) is 6. The summed E-state index contributed by atoms with van der Waals surface area (Å²) in [5.41, 5.74) is -3.78. The quantitative estimate of drug-likeness (QED) is 0.539. The van der Waals surface area contributed by atoms with Gasteiger partial charge in [0, 0.05) is 20.5 Å². The number of ether oxygens (including phenoxy) is 1. The summed E-state index contributed by atoms with van der Waals surface area (Å²) < 4.78 is 5.45. The number of likely N-dealkylation sites (N-methyl/N-ethyl adjacent to an activating group) is 2. The zero-order valence-electron chi connectivity index (χ0n) is 16.8. The molecule has 0 aromatic heterocycles. The van der Waals surface area contributed by atoms with Crippen molar-refractivity contribution in [2.75, 3.05) is 14.1 Å². The van der Waals surface area contributed by atoms with Crippen LogP contribution >= 0.6 is 0 Å². The van der Waals surface area contributed by atoms with Gasteiger partial charge in [-0.05, 0) is 18.4 Å². The molecule has 1 heterocycles. The first kappa shape index (κ1) is 22.1. The zero-order valence-corrected chi connectivity index (χ0v) is 16.8. The molecule has 1 fully saturated rings. The lowest BCUT2D eigenvalue weighted by molar-refractivity contribution is -0.194. The number of urea groups is 1. The molecule has 1 aliphatic rings. The van der Waals surface area contributed by atoms with Gasteiger partial charge in [-0.15, -0.1) is 0 Å². The molecule has 0 aliphatic carbocycles. The van der Waals surface area contributed by atoms with Crippen LogP contribution in [0.5, 0.6) is 0 Å². The van der Waals surface area contributed by atoms with E-state index >= 15 is 0 Å². The number of carboxylic acid groups (broad SMARTS) is 1. The highest BCUT2D eigenvalue weighted by Crippen LogP contribution is 2.35. The number of carbonyl (C=O) groups is 5. The van der Waals surface area contributed by atoms with Gasteiger partial charge in [0.15, 0.2) is 5.41 Å². The maximum Gasteiger partial charge on any atom is 0.333 e. The molecule has 0 spiro atoms. The van der Waals surface area contributed by atoms with E-state index in [0.717, 1.165) is 0 Å². The molecule has 0 radical (unpaired) electrons. The number of nitrogens with zero attached hydrogens (tertiary/aromatic N) is 2. The van der Waals surface area contributed by atoms with Gasteiger partial charge < -0.3 is 9.84 Å². The maximum absolute atomic E-state index is 13.1. The molecule has 156 valence electrons. The largest absolute Gasteiger partial charge is 0.480 e. The van der Waals surface area contributed by atoms with Crippen LogP contribution in [0, 0.1) is 5.41 Å². The highest BCUT2D eigenvalue weighted by atomic mass is 16.6. The number of benzene rings is 1. The van der Waals surface area contributed by atoms with Crippen LogP contribution in [0.3, 0.4) is 0 Å². The van der Waals surface area contributed by atoms with Crippen LogP contribution < -0.4 is 0 Å². The molecule has 0 unspecified atom stereocenters. The van der Waals surface area contributed by atoms with Gasteiger partial charge >= 0.3 is 18.0 Å². The maximum atomic E-state index is 13.1. The minimum atomic E-state index is -2.37. The molecule has 0 atom stereocenters. The van der Waals surface area contributed by atoms with Crippen molar-refractivity contribution in [3.63, 3.8) is 0 Å². The highest BCUT2D eigenvalue weighted by molar-refractivity contribution is 6.22. The van der Waals surface area contributed by atoms with Crippen LogP contribution in [-0.4, -0.2) is 64.4 Å². The Balaban J connectivity index is 2.60. The molecule has 9 nitrogen and oxygen atoms in total. The Labute approximate surface area is 168 Å². The molecule has 1 N–H and O–H groups in total. The average Bonchev–Trinajstić information content (AvgIpc) is 2.71. The Morgan fingerprint density at radius 1 is 1.00 bits per heavy atom. The molecule has 9 heteroatoms. The third-order valence-corrected chi connectivity index (χ3v) is 5.44. The van der Waals surface area contributed by atoms with Crippen LogP contribution in [0.1, 0.15) is 32.3 Å². The fraction of sp³-hybridized carbons (Fsp3) is 0.450. The predicted molar refractivity (Wildman–Crippen MR) is 101 cm³/mol. The van der Waals surface area contributed by atoms with Crippen molar-refractivity contribution in [3.8, 4) is 0 Å². The smallest absolute Gasteiger partial charge is 0.333 e. The Kier molecular flexibility index (Phi) is 6.10. The lowest BCUT2D eigenvalue weighted by Gasteiger charge is -2.42. The van der Waals surface area contributed by atoms with Crippen molar-refractivity contribution >= 4 is 29.8 Å². The lowest BCUT2D eigenvalue weighted by Crippen LogP contribution is -2.70. The predicted octanol–water partition coefficient (Wildman–Crippen LogP) is 1.45. The fourth-order valence-corrected chi connectivity index (χ4v) is 3.37. The van der Waals surface area contributed by atoms with Gasteiger partial charge in [0.05, 0.1) is 0 Å².